The van der Waals surface area contributed by atoms with E-state index in [2.05, 4.69) is 5.10 Å². The number of aromatic nitrogens is 2. The molecule has 0 aliphatic carbocycles. The second kappa shape index (κ2) is 3.77. The highest BCUT2D eigenvalue weighted by molar-refractivity contribution is 5.67. The van der Waals surface area contributed by atoms with Crippen molar-refractivity contribution < 1.29 is 5.11 Å². The SMILES string of the molecule is CC(C)n1ncc(-c2ccccc2)c1O. The second-order valence-corrected chi connectivity index (χ2v) is 3.79. The molecule has 78 valence electrons. The van der Waals surface area contributed by atoms with E-state index in [1.807, 2.05) is 44.2 Å². The zero-order valence-electron chi connectivity index (χ0n) is 8.88. The Morgan fingerprint density at radius 1 is 1.20 bits per heavy atom. The average molecular weight is 202 g/mol. The van der Waals surface area contributed by atoms with Crippen molar-refractivity contribution in [3.63, 3.8) is 0 Å². The third-order valence-electron chi connectivity index (χ3n) is 2.34. The van der Waals surface area contributed by atoms with Crippen LogP contribution >= 0.6 is 0 Å². The Kier molecular flexibility index (Phi) is 2.46. The van der Waals surface area contributed by atoms with Gasteiger partial charge in [0.1, 0.15) is 0 Å². The molecule has 3 nitrogen and oxygen atoms in total. The molecule has 0 radical (unpaired) electrons. The largest absolute Gasteiger partial charge is 0.493 e. The van der Waals surface area contributed by atoms with E-state index in [1.54, 1.807) is 10.9 Å². The van der Waals surface area contributed by atoms with Gasteiger partial charge in [-0.05, 0) is 19.4 Å². The summed E-state index contributed by atoms with van der Waals surface area (Å²) in [5, 5.41) is 14.1. The van der Waals surface area contributed by atoms with Crippen LogP contribution in [0.1, 0.15) is 19.9 Å². The van der Waals surface area contributed by atoms with Gasteiger partial charge in [0.25, 0.3) is 0 Å². The van der Waals surface area contributed by atoms with Gasteiger partial charge in [0.2, 0.25) is 5.88 Å². The molecule has 3 heteroatoms. The molecule has 0 saturated carbocycles. The van der Waals surface area contributed by atoms with Crippen molar-refractivity contribution >= 4 is 0 Å². The molecule has 0 spiro atoms. The zero-order valence-corrected chi connectivity index (χ0v) is 8.88. The summed E-state index contributed by atoms with van der Waals surface area (Å²) in [6.07, 6.45) is 1.70. The fraction of sp³-hybridized carbons (Fsp3) is 0.250. The molecule has 0 bridgehead atoms. The van der Waals surface area contributed by atoms with Crippen LogP contribution in [-0.2, 0) is 0 Å². The predicted molar refractivity (Wildman–Crippen MR) is 59.7 cm³/mol. The van der Waals surface area contributed by atoms with Crippen molar-refractivity contribution in [1.82, 2.24) is 9.78 Å². The second-order valence-electron chi connectivity index (χ2n) is 3.79. The number of aromatic hydroxyl groups is 1. The van der Waals surface area contributed by atoms with Gasteiger partial charge in [0.15, 0.2) is 0 Å². The fourth-order valence-corrected chi connectivity index (χ4v) is 1.56. The lowest BCUT2D eigenvalue weighted by Crippen LogP contribution is -2.01. The number of hydrogen-bond acceptors (Lipinski definition) is 2. The number of nitrogens with zero attached hydrogens (tertiary/aromatic N) is 2. The maximum absolute atomic E-state index is 9.95. The first-order valence-electron chi connectivity index (χ1n) is 5.02. The van der Waals surface area contributed by atoms with Crippen molar-refractivity contribution in [3.8, 4) is 17.0 Å². The summed E-state index contributed by atoms with van der Waals surface area (Å²) in [7, 11) is 0. The first kappa shape index (κ1) is 9.77. The highest BCUT2D eigenvalue weighted by Gasteiger charge is 2.12. The Morgan fingerprint density at radius 2 is 1.87 bits per heavy atom. The van der Waals surface area contributed by atoms with Gasteiger partial charge >= 0.3 is 0 Å². The van der Waals surface area contributed by atoms with Crippen molar-refractivity contribution in [2.24, 2.45) is 0 Å². The van der Waals surface area contributed by atoms with Crippen LogP contribution in [0.5, 0.6) is 5.88 Å². The summed E-state index contributed by atoms with van der Waals surface area (Å²) in [6.45, 7) is 3.98. The smallest absolute Gasteiger partial charge is 0.217 e. The molecule has 0 aliphatic rings. The van der Waals surface area contributed by atoms with Crippen LogP contribution in [0.4, 0.5) is 0 Å². The summed E-state index contributed by atoms with van der Waals surface area (Å²) in [6, 6.07) is 9.93. The summed E-state index contributed by atoms with van der Waals surface area (Å²) >= 11 is 0. The Balaban J connectivity index is 2.47. The molecule has 2 rings (SSSR count). The van der Waals surface area contributed by atoms with E-state index in [1.165, 1.54) is 0 Å². The van der Waals surface area contributed by atoms with Crippen LogP contribution < -0.4 is 0 Å². The predicted octanol–water partition coefficient (Wildman–Crippen LogP) is 2.84. The molecule has 0 unspecified atom stereocenters. The van der Waals surface area contributed by atoms with E-state index < -0.39 is 0 Å². The van der Waals surface area contributed by atoms with Gasteiger partial charge in [0, 0.05) is 0 Å². The molecule has 0 atom stereocenters. The third-order valence-corrected chi connectivity index (χ3v) is 2.34. The molecule has 0 saturated heterocycles. The quantitative estimate of drug-likeness (QED) is 0.813. The van der Waals surface area contributed by atoms with Gasteiger partial charge in [-0.25, -0.2) is 4.68 Å². The summed E-state index contributed by atoms with van der Waals surface area (Å²) in [5.74, 6) is 0.233. The van der Waals surface area contributed by atoms with Gasteiger partial charge in [-0.3, -0.25) is 0 Å². The van der Waals surface area contributed by atoms with Crippen molar-refractivity contribution in [3.05, 3.63) is 36.5 Å². The van der Waals surface area contributed by atoms with E-state index in [4.69, 9.17) is 0 Å². The normalized spacial score (nSPS) is 10.9. The highest BCUT2D eigenvalue weighted by Crippen LogP contribution is 2.30. The monoisotopic (exact) mass is 202 g/mol. The van der Waals surface area contributed by atoms with Gasteiger partial charge in [-0.15, -0.1) is 0 Å². The van der Waals surface area contributed by atoms with Gasteiger partial charge < -0.3 is 5.11 Å². The van der Waals surface area contributed by atoms with E-state index in [9.17, 15) is 5.11 Å². The molecule has 2 aromatic rings. The fourth-order valence-electron chi connectivity index (χ4n) is 1.56. The van der Waals surface area contributed by atoms with E-state index in [0.29, 0.717) is 0 Å². The van der Waals surface area contributed by atoms with E-state index in [0.717, 1.165) is 11.1 Å². The molecule has 15 heavy (non-hydrogen) atoms. The Hall–Kier alpha value is -1.77. The maximum atomic E-state index is 9.95. The summed E-state index contributed by atoms with van der Waals surface area (Å²) in [5.41, 5.74) is 1.77. The molecule has 1 aromatic heterocycles. The lowest BCUT2D eigenvalue weighted by Gasteiger charge is -2.06. The van der Waals surface area contributed by atoms with E-state index >= 15 is 0 Å². The van der Waals surface area contributed by atoms with Gasteiger partial charge in [-0.2, -0.15) is 5.10 Å². The maximum Gasteiger partial charge on any atom is 0.217 e. The number of benzene rings is 1. The minimum absolute atomic E-state index is 0.169. The van der Waals surface area contributed by atoms with Crippen LogP contribution in [-0.4, -0.2) is 14.9 Å². The standard InChI is InChI=1S/C12H14N2O/c1-9(2)14-12(15)11(8-13-14)10-6-4-3-5-7-10/h3-9,15H,1-2H3. The molecule has 1 aromatic carbocycles. The Bertz CT molecular complexity index is 446. The average Bonchev–Trinajstić information content (AvgIpc) is 2.61. The minimum Gasteiger partial charge on any atom is -0.493 e. The molecule has 0 amide bonds. The molecule has 1 N–H and O–H groups in total. The zero-order chi connectivity index (χ0) is 10.8. The van der Waals surface area contributed by atoms with Crippen LogP contribution in [0.15, 0.2) is 36.5 Å². The third kappa shape index (κ3) is 1.73. The Morgan fingerprint density at radius 3 is 2.40 bits per heavy atom. The van der Waals surface area contributed by atoms with Crippen LogP contribution in [0, 0.1) is 0 Å². The Labute approximate surface area is 89.0 Å². The molecule has 1 heterocycles. The van der Waals surface area contributed by atoms with E-state index in [-0.39, 0.29) is 11.9 Å². The minimum atomic E-state index is 0.169. The molecule has 0 aliphatic heterocycles. The summed E-state index contributed by atoms with van der Waals surface area (Å²) in [4.78, 5) is 0. The first-order chi connectivity index (χ1) is 7.20. The number of hydrogen-bond donors (Lipinski definition) is 1. The topological polar surface area (TPSA) is 38.0 Å². The van der Waals surface area contributed by atoms with Crippen molar-refractivity contribution in [1.29, 1.82) is 0 Å². The van der Waals surface area contributed by atoms with Crippen molar-refractivity contribution in [2.45, 2.75) is 19.9 Å². The lowest BCUT2D eigenvalue weighted by molar-refractivity contribution is 0.379. The van der Waals surface area contributed by atoms with Crippen molar-refractivity contribution in [2.75, 3.05) is 0 Å². The van der Waals surface area contributed by atoms with Gasteiger partial charge in [-0.1, -0.05) is 30.3 Å². The van der Waals surface area contributed by atoms with Crippen LogP contribution in [0.25, 0.3) is 11.1 Å². The van der Waals surface area contributed by atoms with Crippen LogP contribution in [0.2, 0.25) is 0 Å². The molecular formula is C12H14N2O. The van der Waals surface area contributed by atoms with Crippen LogP contribution in [0.3, 0.4) is 0 Å². The van der Waals surface area contributed by atoms with Gasteiger partial charge in [0.05, 0.1) is 17.8 Å². The summed E-state index contributed by atoms with van der Waals surface area (Å²) < 4.78 is 1.61. The lowest BCUT2D eigenvalue weighted by atomic mass is 10.1. The number of rotatable bonds is 2. The molecule has 0 fully saturated rings. The first-order valence-corrected chi connectivity index (χ1v) is 5.02. The molecular weight excluding hydrogens is 188 g/mol. The highest BCUT2D eigenvalue weighted by atomic mass is 16.3.